The molecule has 3 rings (SSSR count). The zero-order chi connectivity index (χ0) is 15.7. The number of hydrogen-bond donors (Lipinski definition) is 0. The zero-order valence-corrected chi connectivity index (χ0v) is 15.0. The van der Waals surface area contributed by atoms with Crippen molar-refractivity contribution in [2.45, 2.75) is 6.92 Å². The summed E-state index contributed by atoms with van der Waals surface area (Å²) >= 11 is 10.2. The van der Waals surface area contributed by atoms with Crippen molar-refractivity contribution in [2.24, 2.45) is 0 Å². The Hall–Kier alpha value is -1.43. The molecule has 0 bridgehead atoms. The third-order valence-electron chi connectivity index (χ3n) is 3.25. The van der Waals surface area contributed by atoms with Crippen molar-refractivity contribution in [2.75, 3.05) is 4.90 Å². The van der Waals surface area contributed by atoms with Crippen LogP contribution in [0.1, 0.15) is 11.1 Å². The van der Waals surface area contributed by atoms with Crippen molar-refractivity contribution in [3.63, 3.8) is 0 Å². The van der Waals surface area contributed by atoms with Gasteiger partial charge in [0.15, 0.2) is 4.32 Å². The van der Waals surface area contributed by atoms with E-state index >= 15 is 0 Å². The molecule has 2 aromatic carbocycles. The molecule has 0 unspecified atom stereocenters. The number of nitrogens with zero attached hydrogens (tertiary/aromatic N) is 1. The molecule has 0 atom stereocenters. The van der Waals surface area contributed by atoms with Gasteiger partial charge in [-0.2, -0.15) is 0 Å². The highest BCUT2D eigenvalue weighted by molar-refractivity contribution is 9.10. The molecule has 2 nitrogen and oxygen atoms in total. The van der Waals surface area contributed by atoms with Gasteiger partial charge in [-0.1, -0.05) is 70.2 Å². The van der Waals surface area contributed by atoms with E-state index in [1.165, 1.54) is 11.8 Å². The maximum Gasteiger partial charge on any atom is 0.270 e. The minimum Gasteiger partial charge on any atom is -0.268 e. The van der Waals surface area contributed by atoms with Crippen LogP contribution in [0.5, 0.6) is 0 Å². The molecular formula is C17H12BrNOS2. The van der Waals surface area contributed by atoms with Crippen molar-refractivity contribution in [1.29, 1.82) is 0 Å². The fourth-order valence-corrected chi connectivity index (χ4v) is 3.88. The fraction of sp³-hybridized carbons (Fsp3) is 0.0588. The minimum atomic E-state index is -0.0728. The van der Waals surface area contributed by atoms with E-state index in [1.807, 2.05) is 61.5 Å². The third kappa shape index (κ3) is 3.02. The summed E-state index contributed by atoms with van der Waals surface area (Å²) in [6.07, 6.45) is 1.87. The lowest BCUT2D eigenvalue weighted by atomic mass is 10.2. The van der Waals surface area contributed by atoms with E-state index in [9.17, 15) is 4.79 Å². The summed E-state index contributed by atoms with van der Waals surface area (Å²) in [7, 11) is 0. The Balaban J connectivity index is 1.97. The lowest BCUT2D eigenvalue weighted by Crippen LogP contribution is -2.27. The van der Waals surface area contributed by atoms with E-state index in [2.05, 4.69) is 15.9 Å². The van der Waals surface area contributed by atoms with Crippen LogP contribution in [0, 0.1) is 6.92 Å². The Morgan fingerprint density at radius 3 is 2.68 bits per heavy atom. The Bertz CT molecular complexity index is 801. The predicted molar refractivity (Wildman–Crippen MR) is 101 cm³/mol. The molecule has 1 fully saturated rings. The van der Waals surface area contributed by atoms with Crippen molar-refractivity contribution in [1.82, 2.24) is 0 Å². The molecule has 0 spiro atoms. The smallest absolute Gasteiger partial charge is 0.268 e. The Kier molecular flexibility index (Phi) is 4.47. The van der Waals surface area contributed by atoms with Gasteiger partial charge in [-0.25, -0.2) is 0 Å². The molecule has 1 amide bonds. The van der Waals surface area contributed by atoms with Crippen LogP contribution < -0.4 is 4.90 Å². The number of hydrogen-bond acceptors (Lipinski definition) is 3. The number of rotatable bonds is 2. The Labute approximate surface area is 147 Å². The van der Waals surface area contributed by atoms with Gasteiger partial charge in [-0.15, -0.1) is 0 Å². The summed E-state index contributed by atoms with van der Waals surface area (Å²) in [6, 6.07) is 15.6. The monoisotopic (exact) mass is 389 g/mol. The van der Waals surface area contributed by atoms with E-state index < -0.39 is 0 Å². The maximum absolute atomic E-state index is 12.7. The van der Waals surface area contributed by atoms with Crippen LogP contribution in [0.2, 0.25) is 0 Å². The minimum absolute atomic E-state index is 0.0728. The molecule has 2 aromatic rings. The fourth-order valence-electron chi connectivity index (χ4n) is 2.19. The predicted octanol–water partition coefficient (Wildman–Crippen LogP) is 5.16. The molecular weight excluding hydrogens is 378 g/mol. The van der Waals surface area contributed by atoms with E-state index in [4.69, 9.17) is 12.2 Å². The van der Waals surface area contributed by atoms with E-state index in [0.717, 1.165) is 21.3 Å². The van der Waals surface area contributed by atoms with Gasteiger partial charge >= 0.3 is 0 Å². The standard InChI is InChI=1S/C17H12BrNOS2/c1-11-5-4-7-13(9-11)19-16(20)15(22-17(19)21)10-12-6-2-3-8-14(12)18/h2-10H,1H3/b15-10-. The van der Waals surface area contributed by atoms with Crippen LogP contribution in [0.25, 0.3) is 6.08 Å². The lowest BCUT2D eigenvalue weighted by Gasteiger charge is -2.14. The topological polar surface area (TPSA) is 20.3 Å². The van der Waals surface area contributed by atoms with Crippen LogP contribution in [-0.2, 0) is 4.79 Å². The van der Waals surface area contributed by atoms with Gasteiger partial charge in [-0.05, 0) is 42.3 Å². The van der Waals surface area contributed by atoms with Crippen LogP contribution >= 0.6 is 39.9 Å². The molecule has 22 heavy (non-hydrogen) atoms. The summed E-state index contributed by atoms with van der Waals surface area (Å²) < 4.78 is 1.52. The van der Waals surface area contributed by atoms with Gasteiger partial charge in [0.05, 0.1) is 10.6 Å². The number of halogens is 1. The summed E-state index contributed by atoms with van der Waals surface area (Å²) in [5, 5.41) is 0. The molecule has 1 aliphatic rings. The molecule has 1 saturated heterocycles. The summed E-state index contributed by atoms with van der Waals surface area (Å²) in [5.74, 6) is -0.0728. The number of benzene rings is 2. The highest BCUT2D eigenvalue weighted by Gasteiger charge is 2.33. The van der Waals surface area contributed by atoms with E-state index in [1.54, 1.807) is 4.90 Å². The quantitative estimate of drug-likeness (QED) is 0.522. The van der Waals surface area contributed by atoms with Gasteiger partial charge in [0.25, 0.3) is 5.91 Å². The second-order valence-electron chi connectivity index (χ2n) is 4.88. The Morgan fingerprint density at radius 1 is 1.18 bits per heavy atom. The van der Waals surface area contributed by atoms with Crippen molar-refractivity contribution >= 4 is 61.9 Å². The molecule has 1 aliphatic heterocycles. The van der Waals surface area contributed by atoms with Gasteiger partial charge in [-0.3, -0.25) is 9.69 Å². The molecule has 110 valence electrons. The van der Waals surface area contributed by atoms with Crippen LogP contribution in [0.15, 0.2) is 57.9 Å². The van der Waals surface area contributed by atoms with Crippen LogP contribution in [0.4, 0.5) is 5.69 Å². The molecule has 0 saturated carbocycles. The van der Waals surface area contributed by atoms with Gasteiger partial charge in [0.1, 0.15) is 0 Å². The van der Waals surface area contributed by atoms with Crippen molar-refractivity contribution < 1.29 is 4.79 Å². The molecule has 0 radical (unpaired) electrons. The third-order valence-corrected chi connectivity index (χ3v) is 5.27. The van der Waals surface area contributed by atoms with Crippen molar-refractivity contribution in [3.8, 4) is 0 Å². The van der Waals surface area contributed by atoms with Crippen LogP contribution in [-0.4, -0.2) is 10.2 Å². The first-order valence-electron chi connectivity index (χ1n) is 6.65. The lowest BCUT2D eigenvalue weighted by molar-refractivity contribution is -0.113. The van der Waals surface area contributed by atoms with Gasteiger partial charge in [0, 0.05) is 4.47 Å². The first-order chi connectivity index (χ1) is 10.6. The van der Waals surface area contributed by atoms with E-state index in [0.29, 0.717) is 9.23 Å². The van der Waals surface area contributed by atoms with E-state index in [-0.39, 0.29) is 5.91 Å². The number of carbonyl (C=O) groups excluding carboxylic acids is 1. The number of anilines is 1. The highest BCUT2D eigenvalue weighted by atomic mass is 79.9. The first-order valence-corrected chi connectivity index (χ1v) is 8.67. The van der Waals surface area contributed by atoms with Gasteiger partial charge in [0.2, 0.25) is 0 Å². The summed E-state index contributed by atoms with van der Waals surface area (Å²) in [6.45, 7) is 2.00. The second-order valence-corrected chi connectivity index (χ2v) is 7.41. The van der Waals surface area contributed by atoms with Crippen molar-refractivity contribution in [3.05, 3.63) is 69.0 Å². The van der Waals surface area contributed by atoms with Gasteiger partial charge < -0.3 is 0 Å². The number of carbonyl (C=O) groups is 1. The average Bonchev–Trinajstić information content (AvgIpc) is 2.76. The summed E-state index contributed by atoms with van der Waals surface area (Å²) in [4.78, 5) is 14.9. The number of amides is 1. The summed E-state index contributed by atoms with van der Waals surface area (Å²) in [5.41, 5.74) is 2.88. The molecule has 0 aliphatic carbocycles. The van der Waals surface area contributed by atoms with Crippen LogP contribution in [0.3, 0.4) is 0 Å². The number of thiocarbonyl (C=S) groups is 1. The largest absolute Gasteiger partial charge is 0.270 e. The zero-order valence-electron chi connectivity index (χ0n) is 11.7. The Morgan fingerprint density at radius 2 is 1.95 bits per heavy atom. The second kappa shape index (κ2) is 6.36. The molecule has 1 heterocycles. The molecule has 0 N–H and O–H groups in total. The number of thioether (sulfide) groups is 1. The molecule has 5 heteroatoms. The maximum atomic E-state index is 12.7. The SMILES string of the molecule is Cc1cccc(N2C(=O)/C(=C/c3ccccc3Br)SC2=S)c1. The first kappa shape index (κ1) is 15.5. The molecule has 0 aromatic heterocycles. The number of aryl methyl sites for hydroxylation is 1. The highest BCUT2D eigenvalue weighted by Crippen LogP contribution is 2.36. The normalized spacial score (nSPS) is 16.6. The average molecular weight is 390 g/mol.